The lowest BCUT2D eigenvalue weighted by molar-refractivity contribution is 0.0759. The van der Waals surface area contributed by atoms with Crippen LogP contribution in [0.25, 0.3) is 0 Å². The van der Waals surface area contributed by atoms with Crippen molar-refractivity contribution in [3.63, 3.8) is 0 Å². The van der Waals surface area contributed by atoms with Crippen molar-refractivity contribution >= 4 is 33.6 Å². The highest BCUT2D eigenvalue weighted by Crippen LogP contribution is 2.26. The van der Waals surface area contributed by atoms with Gasteiger partial charge >= 0.3 is 0 Å². The van der Waals surface area contributed by atoms with E-state index in [-0.39, 0.29) is 16.2 Å². The van der Waals surface area contributed by atoms with Crippen LogP contribution in [-0.2, 0) is 0 Å². The summed E-state index contributed by atoms with van der Waals surface area (Å²) in [6, 6.07) is 4.59. The second-order valence-electron chi connectivity index (χ2n) is 4.25. The summed E-state index contributed by atoms with van der Waals surface area (Å²) < 4.78 is 13.7. The van der Waals surface area contributed by atoms with E-state index in [0.29, 0.717) is 10.8 Å². The van der Waals surface area contributed by atoms with Gasteiger partial charge in [0.25, 0.3) is 5.91 Å². The van der Waals surface area contributed by atoms with Gasteiger partial charge in [0.2, 0.25) is 0 Å². The molecule has 2 nitrogen and oxygen atoms in total. The van der Waals surface area contributed by atoms with Crippen LogP contribution in [0, 0.1) is 5.82 Å². The second kappa shape index (κ2) is 6.06. The Morgan fingerprint density at radius 2 is 2.39 bits per heavy atom. The molecule has 2 rings (SSSR count). The maximum Gasteiger partial charge on any atom is 0.255 e. The quantitative estimate of drug-likeness (QED) is 0.825. The van der Waals surface area contributed by atoms with Crippen LogP contribution in [0.2, 0.25) is 0 Å². The minimum Gasteiger partial charge on any atom is -0.337 e. The Hall–Kier alpha value is -0.550. The lowest BCUT2D eigenvalue weighted by Crippen LogP contribution is -2.41. The molecule has 0 aromatic heterocycles. The van der Waals surface area contributed by atoms with Crippen LogP contribution in [-0.4, -0.2) is 34.9 Å². The first-order valence-electron chi connectivity index (χ1n) is 5.98. The van der Waals surface area contributed by atoms with Crippen LogP contribution in [0.4, 0.5) is 4.39 Å². The topological polar surface area (TPSA) is 20.3 Å². The zero-order chi connectivity index (χ0) is 13.1. The Balaban J connectivity index is 2.18. The Labute approximate surface area is 119 Å². The molecule has 1 unspecified atom stereocenters. The molecule has 1 heterocycles. The maximum atomic E-state index is 13.4. The van der Waals surface area contributed by atoms with Crippen LogP contribution in [0.5, 0.6) is 0 Å². The van der Waals surface area contributed by atoms with E-state index in [1.54, 1.807) is 12.1 Å². The summed E-state index contributed by atoms with van der Waals surface area (Å²) in [4.78, 5) is 14.2. The molecule has 1 aromatic rings. The van der Waals surface area contributed by atoms with Crippen LogP contribution in [0.3, 0.4) is 0 Å². The second-order valence-corrected chi connectivity index (χ2v) is 6.45. The fourth-order valence-corrected chi connectivity index (χ4v) is 3.60. The SMILES string of the molecule is CCC1CN(C(=O)c2cccc(F)c2Br)CCS1. The number of carbonyl (C=O) groups excluding carboxylic acids is 1. The number of amides is 1. The average molecular weight is 332 g/mol. The molecular weight excluding hydrogens is 317 g/mol. The largest absolute Gasteiger partial charge is 0.337 e. The summed E-state index contributed by atoms with van der Waals surface area (Å²) in [5.74, 6) is 0.483. The summed E-state index contributed by atoms with van der Waals surface area (Å²) in [6.07, 6.45) is 1.05. The van der Waals surface area contributed by atoms with E-state index in [4.69, 9.17) is 0 Å². The highest BCUT2D eigenvalue weighted by atomic mass is 79.9. The Bertz CT molecular complexity index is 455. The fraction of sp³-hybridized carbons (Fsp3) is 0.462. The first-order chi connectivity index (χ1) is 8.63. The van der Waals surface area contributed by atoms with Crippen LogP contribution in [0.15, 0.2) is 22.7 Å². The van der Waals surface area contributed by atoms with Gasteiger partial charge in [-0.1, -0.05) is 13.0 Å². The van der Waals surface area contributed by atoms with Crippen molar-refractivity contribution in [2.24, 2.45) is 0 Å². The maximum absolute atomic E-state index is 13.4. The molecule has 1 atom stereocenters. The third kappa shape index (κ3) is 2.88. The summed E-state index contributed by atoms with van der Waals surface area (Å²) in [5.41, 5.74) is 0.414. The monoisotopic (exact) mass is 331 g/mol. The predicted octanol–water partition coefficient (Wildman–Crippen LogP) is 3.56. The van der Waals surface area contributed by atoms with E-state index in [1.165, 1.54) is 6.07 Å². The van der Waals surface area contributed by atoms with E-state index >= 15 is 0 Å². The molecule has 5 heteroatoms. The van der Waals surface area contributed by atoms with Gasteiger partial charge in [0.1, 0.15) is 5.82 Å². The van der Waals surface area contributed by atoms with Crippen molar-refractivity contribution in [2.45, 2.75) is 18.6 Å². The number of rotatable bonds is 2. The van der Waals surface area contributed by atoms with Crippen molar-refractivity contribution in [1.82, 2.24) is 4.90 Å². The van der Waals surface area contributed by atoms with E-state index < -0.39 is 0 Å². The van der Waals surface area contributed by atoms with E-state index in [1.807, 2.05) is 16.7 Å². The van der Waals surface area contributed by atoms with E-state index in [9.17, 15) is 9.18 Å². The molecule has 18 heavy (non-hydrogen) atoms. The molecule has 1 aliphatic rings. The van der Waals surface area contributed by atoms with Gasteiger partial charge in [-0.25, -0.2) is 4.39 Å². The van der Waals surface area contributed by atoms with Gasteiger partial charge in [-0.15, -0.1) is 0 Å². The van der Waals surface area contributed by atoms with Gasteiger partial charge < -0.3 is 4.90 Å². The third-order valence-corrected chi connectivity index (χ3v) is 5.24. The van der Waals surface area contributed by atoms with Crippen molar-refractivity contribution in [3.05, 3.63) is 34.1 Å². The molecule has 0 bridgehead atoms. The number of thioether (sulfide) groups is 1. The van der Waals surface area contributed by atoms with Gasteiger partial charge in [-0.3, -0.25) is 4.79 Å². The molecule has 1 amide bonds. The summed E-state index contributed by atoms with van der Waals surface area (Å²) in [6.45, 7) is 3.62. The molecule has 1 aliphatic heterocycles. The third-order valence-electron chi connectivity index (χ3n) is 3.06. The number of halogens is 2. The minimum atomic E-state index is -0.390. The number of carbonyl (C=O) groups is 1. The van der Waals surface area contributed by atoms with Crippen LogP contribution < -0.4 is 0 Å². The Kier molecular flexibility index (Phi) is 4.67. The average Bonchev–Trinajstić information content (AvgIpc) is 2.41. The van der Waals surface area contributed by atoms with Crippen molar-refractivity contribution in [1.29, 1.82) is 0 Å². The predicted molar refractivity (Wildman–Crippen MR) is 76.5 cm³/mol. The highest BCUT2D eigenvalue weighted by Gasteiger charge is 2.25. The molecule has 0 spiro atoms. The van der Waals surface area contributed by atoms with Crippen molar-refractivity contribution in [3.8, 4) is 0 Å². The summed E-state index contributed by atoms with van der Waals surface area (Å²) in [5, 5.41) is 0.495. The molecular formula is C13H15BrFNOS. The van der Waals surface area contributed by atoms with Gasteiger partial charge in [0.05, 0.1) is 10.0 Å². The molecule has 98 valence electrons. The van der Waals surface area contributed by atoms with Gasteiger partial charge in [0, 0.05) is 24.1 Å². The van der Waals surface area contributed by atoms with Crippen LogP contribution >= 0.6 is 27.7 Å². The molecule has 0 radical (unpaired) electrons. The van der Waals surface area contributed by atoms with Gasteiger partial charge in [-0.2, -0.15) is 11.8 Å². The first-order valence-corrected chi connectivity index (χ1v) is 7.82. The Morgan fingerprint density at radius 1 is 1.61 bits per heavy atom. The van der Waals surface area contributed by atoms with Crippen LogP contribution in [0.1, 0.15) is 23.7 Å². The summed E-state index contributed by atoms with van der Waals surface area (Å²) in [7, 11) is 0. The molecule has 0 saturated carbocycles. The first kappa shape index (κ1) is 13.9. The molecule has 0 N–H and O–H groups in total. The van der Waals surface area contributed by atoms with E-state index in [0.717, 1.165) is 25.3 Å². The Morgan fingerprint density at radius 3 is 3.11 bits per heavy atom. The van der Waals surface area contributed by atoms with Crippen molar-refractivity contribution < 1.29 is 9.18 Å². The zero-order valence-electron chi connectivity index (χ0n) is 10.2. The number of hydrogen-bond acceptors (Lipinski definition) is 2. The molecule has 1 aromatic carbocycles. The highest BCUT2D eigenvalue weighted by molar-refractivity contribution is 9.10. The number of benzene rings is 1. The molecule has 1 fully saturated rings. The lowest BCUT2D eigenvalue weighted by Gasteiger charge is -2.32. The molecule has 1 saturated heterocycles. The normalized spacial score (nSPS) is 19.9. The smallest absolute Gasteiger partial charge is 0.255 e. The minimum absolute atomic E-state index is 0.0832. The fourth-order valence-electron chi connectivity index (χ4n) is 1.99. The number of nitrogens with zero attached hydrogens (tertiary/aromatic N) is 1. The van der Waals surface area contributed by atoms with Crippen molar-refractivity contribution in [2.75, 3.05) is 18.8 Å². The zero-order valence-corrected chi connectivity index (χ0v) is 12.6. The van der Waals surface area contributed by atoms with E-state index in [2.05, 4.69) is 22.9 Å². The van der Waals surface area contributed by atoms with Gasteiger partial charge in [0.15, 0.2) is 0 Å². The standard InChI is InChI=1S/C13H15BrFNOS/c1-2-9-8-16(6-7-18-9)13(17)10-4-3-5-11(15)12(10)14/h3-5,9H,2,6-8H2,1H3. The number of hydrogen-bond donors (Lipinski definition) is 0. The lowest BCUT2D eigenvalue weighted by atomic mass is 10.2. The molecule has 0 aliphatic carbocycles. The summed E-state index contributed by atoms with van der Waals surface area (Å²) >= 11 is 5.06. The van der Waals surface area contributed by atoms with Gasteiger partial charge in [-0.05, 0) is 34.5 Å².